The van der Waals surface area contributed by atoms with E-state index in [4.69, 9.17) is 0 Å². The van der Waals surface area contributed by atoms with Crippen molar-refractivity contribution in [1.82, 2.24) is 15.0 Å². The largest absolute Gasteiger partial charge is 0.419 e. The van der Waals surface area contributed by atoms with Gasteiger partial charge >= 0.3 is 12.0 Å². The van der Waals surface area contributed by atoms with E-state index in [0.29, 0.717) is 13.5 Å². The molecule has 1 aromatic rings. The van der Waals surface area contributed by atoms with E-state index in [1.807, 2.05) is 13.2 Å². The van der Waals surface area contributed by atoms with Crippen LogP contribution in [0.5, 0.6) is 0 Å². The third-order valence-electron chi connectivity index (χ3n) is 3.39. The normalized spacial score (nSPS) is 11.4. The minimum atomic E-state index is -4.34. The quantitative estimate of drug-likeness (QED) is 0.390. The molecule has 1 rings (SSSR count). The second-order valence-electron chi connectivity index (χ2n) is 6.58. The first-order valence-corrected chi connectivity index (χ1v) is 10.3. The van der Waals surface area contributed by atoms with Crippen LogP contribution < -0.4 is 0 Å². The van der Waals surface area contributed by atoms with Crippen molar-refractivity contribution >= 4 is 0 Å². The van der Waals surface area contributed by atoms with Gasteiger partial charge in [0.1, 0.15) is 0 Å². The summed E-state index contributed by atoms with van der Waals surface area (Å²) in [7, 11) is 2.43. The number of ether oxygens (including phenoxy) is 1. The molecule has 1 heterocycles. The molecular formula is C20H39F6N3O. The summed E-state index contributed by atoms with van der Waals surface area (Å²) in [6, 6.07) is 0. The lowest BCUT2D eigenvalue weighted by Gasteiger charge is -2.23. The number of hydrogen-bond donors (Lipinski definition) is 0. The van der Waals surface area contributed by atoms with Gasteiger partial charge in [-0.1, -0.05) is 66.0 Å². The lowest BCUT2D eigenvalue weighted by molar-refractivity contribution is -0.339. The number of rotatable bonds is 8. The summed E-state index contributed by atoms with van der Waals surface area (Å²) >= 11 is 0. The van der Waals surface area contributed by atoms with Gasteiger partial charge in [0.2, 0.25) is 5.92 Å². The maximum atomic E-state index is 12.3. The maximum absolute atomic E-state index is 12.3. The number of halogens is 6. The molecule has 0 unspecified atom stereocenters. The summed E-state index contributed by atoms with van der Waals surface area (Å²) in [4.78, 5) is 0. The van der Waals surface area contributed by atoms with Crippen LogP contribution in [0.3, 0.4) is 0 Å². The van der Waals surface area contributed by atoms with E-state index in [9.17, 15) is 26.3 Å². The molecule has 10 heteroatoms. The molecule has 182 valence electrons. The van der Waals surface area contributed by atoms with Crippen LogP contribution in [0.15, 0.2) is 6.20 Å². The van der Waals surface area contributed by atoms with Gasteiger partial charge in [-0.25, -0.2) is 8.78 Å². The fraction of sp³-hybridized carbons (Fsp3) is 0.900. The Morgan fingerprint density at radius 1 is 0.900 bits per heavy atom. The number of methoxy groups -OCH3 is 1. The third kappa shape index (κ3) is 16.5. The average Bonchev–Trinajstić information content (AvgIpc) is 3.09. The Kier molecular flexibility index (Phi) is 19.3. The maximum Gasteiger partial charge on any atom is 0.419 e. The number of hydrogen-bond acceptors (Lipinski definition) is 3. The molecule has 0 radical (unpaired) electrons. The van der Waals surface area contributed by atoms with Crippen LogP contribution >= 0.6 is 0 Å². The van der Waals surface area contributed by atoms with Crippen molar-refractivity contribution in [2.24, 2.45) is 7.05 Å². The van der Waals surface area contributed by atoms with Crippen molar-refractivity contribution in [3.63, 3.8) is 0 Å². The highest BCUT2D eigenvalue weighted by Gasteiger charge is 2.56. The van der Waals surface area contributed by atoms with Crippen molar-refractivity contribution < 1.29 is 31.1 Å². The molecule has 0 aromatic carbocycles. The van der Waals surface area contributed by atoms with Crippen molar-refractivity contribution in [3.8, 4) is 0 Å². The molecule has 4 nitrogen and oxygen atoms in total. The van der Waals surface area contributed by atoms with Gasteiger partial charge in [-0.15, -0.1) is 5.10 Å². The van der Waals surface area contributed by atoms with E-state index < -0.39 is 24.4 Å². The van der Waals surface area contributed by atoms with Gasteiger partial charge in [-0.2, -0.15) is 17.6 Å². The first-order valence-electron chi connectivity index (χ1n) is 10.3. The summed E-state index contributed by atoms with van der Waals surface area (Å²) in [6.45, 7) is 11.0. The van der Waals surface area contributed by atoms with Crippen LogP contribution in [0.2, 0.25) is 0 Å². The fourth-order valence-corrected chi connectivity index (χ4v) is 1.71. The first-order chi connectivity index (χ1) is 13.7. The van der Waals surface area contributed by atoms with E-state index >= 15 is 0 Å². The van der Waals surface area contributed by atoms with Crippen LogP contribution in [0.1, 0.15) is 85.8 Å². The van der Waals surface area contributed by atoms with Crippen LogP contribution in [-0.2, 0) is 18.2 Å². The Labute approximate surface area is 177 Å². The summed E-state index contributed by atoms with van der Waals surface area (Å²) in [5.41, 5.74) is 1.05. The number of nitrogens with zero attached hydrogens (tertiary/aromatic N) is 3. The number of aryl methyl sites for hydroxylation is 2. The van der Waals surface area contributed by atoms with E-state index in [2.05, 4.69) is 35.8 Å². The molecule has 0 saturated heterocycles. The van der Waals surface area contributed by atoms with Gasteiger partial charge < -0.3 is 4.74 Å². The summed E-state index contributed by atoms with van der Waals surface area (Å²) < 4.78 is 78.3. The van der Waals surface area contributed by atoms with Gasteiger partial charge in [0.05, 0.1) is 5.69 Å². The standard InChI is InChI=1S/C6H10F4O.C6H12F2.C5H9N3.C3H8/c1-3-4-5(7,8)6(9,10)11-2;1-3-5-6(7,8)4-2;1-3-5-4-8(2)7-6-5;1-3-2/h3-4H2,1-2H3;3-5H2,1-2H3;4H,3H2,1-2H3;3H2,1-2H3. The van der Waals surface area contributed by atoms with Gasteiger partial charge in [-0.05, 0) is 6.42 Å². The molecular weight excluding hydrogens is 412 g/mol. The second kappa shape index (κ2) is 17.4. The van der Waals surface area contributed by atoms with Crippen molar-refractivity contribution in [2.45, 2.75) is 104 Å². The van der Waals surface area contributed by atoms with Gasteiger partial charge in [0, 0.05) is 39.6 Å². The van der Waals surface area contributed by atoms with Crippen LogP contribution in [-0.4, -0.2) is 40.1 Å². The van der Waals surface area contributed by atoms with Gasteiger partial charge in [-0.3, -0.25) is 4.68 Å². The Morgan fingerprint density at radius 3 is 1.57 bits per heavy atom. The van der Waals surface area contributed by atoms with Crippen molar-refractivity contribution in [2.75, 3.05) is 7.11 Å². The molecule has 0 amide bonds. The zero-order valence-electron chi connectivity index (χ0n) is 19.5. The second-order valence-corrected chi connectivity index (χ2v) is 6.58. The van der Waals surface area contributed by atoms with Crippen LogP contribution in [0.25, 0.3) is 0 Å². The van der Waals surface area contributed by atoms with E-state index in [1.54, 1.807) is 11.6 Å². The third-order valence-corrected chi connectivity index (χ3v) is 3.39. The number of alkyl halides is 6. The van der Waals surface area contributed by atoms with Crippen LogP contribution in [0.4, 0.5) is 26.3 Å². The molecule has 1 aromatic heterocycles. The summed E-state index contributed by atoms with van der Waals surface area (Å²) in [6.07, 6.45) is -0.512. The molecule has 0 spiro atoms. The molecule has 0 saturated carbocycles. The predicted octanol–water partition coefficient (Wildman–Crippen LogP) is 7.29. The fourth-order valence-electron chi connectivity index (χ4n) is 1.71. The Balaban J connectivity index is -0.000000346. The minimum Gasteiger partial charge on any atom is -0.319 e. The topological polar surface area (TPSA) is 39.9 Å². The molecule has 0 atom stereocenters. The smallest absolute Gasteiger partial charge is 0.319 e. The molecule has 0 fully saturated rings. The molecule has 0 aliphatic heterocycles. The van der Waals surface area contributed by atoms with Crippen molar-refractivity contribution in [1.29, 1.82) is 0 Å². The Hall–Kier alpha value is -1.32. The summed E-state index contributed by atoms with van der Waals surface area (Å²) in [5, 5.41) is 7.60. The average molecular weight is 452 g/mol. The van der Waals surface area contributed by atoms with E-state index in [1.165, 1.54) is 20.3 Å². The highest BCUT2D eigenvalue weighted by atomic mass is 19.3. The lowest BCUT2D eigenvalue weighted by atomic mass is 10.1. The van der Waals surface area contributed by atoms with Crippen molar-refractivity contribution in [3.05, 3.63) is 11.9 Å². The first kappa shape index (κ1) is 33.3. The highest BCUT2D eigenvalue weighted by molar-refractivity contribution is 4.89. The van der Waals surface area contributed by atoms with Gasteiger partial charge in [0.25, 0.3) is 0 Å². The monoisotopic (exact) mass is 451 g/mol. The minimum absolute atomic E-state index is 0.00799. The molecule has 0 bridgehead atoms. The Bertz CT molecular complexity index is 510. The highest BCUT2D eigenvalue weighted by Crippen LogP contribution is 2.37. The molecule has 30 heavy (non-hydrogen) atoms. The Morgan fingerprint density at radius 2 is 1.37 bits per heavy atom. The van der Waals surface area contributed by atoms with E-state index in [-0.39, 0.29) is 19.3 Å². The predicted molar refractivity (Wildman–Crippen MR) is 108 cm³/mol. The molecule has 0 aliphatic rings. The van der Waals surface area contributed by atoms with Crippen LogP contribution in [0, 0.1) is 0 Å². The summed E-state index contributed by atoms with van der Waals surface area (Å²) in [5.74, 6) is -6.47. The van der Waals surface area contributed by atoms with Gasteiger partial charge in [0.15, 0.2) is 0 Å². The molecule has 0 aliphatic carbocycles. The number of aromatic nitrogens is 3. The molecule has 0 N–H and O–H groups in total. The SMILES string of the molecule is CCC.CCCC(F)(F)C(F)(F)OC.CCCC(F)(F)CC.CCc1cn(C)nn1. The lowest BCUT2D eigenvalue weighted by Crippen LogP contribution is -2.41. The zero-order chi connectivity index (χ0) is 24.4. The zero-order valence-corrected chi connectivity index (χ0v) is 19.5. The van der Waals surface area contributed by atoms with E-state index in [0.717, 1.165) is 12.1 Å².